The van der Waals surface area contributed by atoms with Crippen LogP contribution in [0.15, 0.2) is 18.3 Å². The average molecular weight is 361 g/mol. The number of rotatable bonds is 6. The van der Waals surface area contributed by atoms with Gasteiger partial charge in [0.25, 0.3) is 11.8 Å². The van der Waals surface area contributed by atoms with Crippen LogP contribution in [0.1, 0.15) is 34.2 Å². The first kappa shape index (κ1) is 19.8. The highest BCUT2D eigenvalue weighted by Gasteiger charge is 2.24. The molecule has 1 aromatic heterocycles. The van der Waals surface area contributed by atoms with E-state index in [4.69, 9.17) is 0 Å². The number of amides is 3. The minimum absolute atomic E-state index is 0.0168. The quantitative estimate of drug-likeness (QED) is 0.725. The Morgan fingerprint density at radius 1 is 1.15 bits per heavy atom. The summed E-state index contributed by atoms with van der Waals surface area (Å²) in [5.41, 5.74) is 0.679. The van der Waals surface area contributed by atoms with Crippen molar-refractivity contribution in [1.29, 1.82) is 0 Å². The van der Waals surface area contributed by atoms with E-state index in [0.717, 1.165) is 13.0 Å². The van der Waals surface area contributed by atoms with E-state index in [0.29, 0.717) is 38.3 Å². The van der Waals surface area contributed by atoms with Crippen LogP contribution in [0.4, 0.5) is 0 Å². The van der Waals surface area contributed by atoms with Crippen molar-refractivity contribution in [3.63, 3.8) is 0 Å². The molecule has 1 aliphatic heterocycles. The van der Waals surface area contributed by atoms with Crippen LogP contribution >= 0.6 is 0 Å². The summed E-state index contributed by atoms with van der Waals surface area (Å²) in [5, 5.41) is 2.86. The van der Waals surface area contributed by atoms with E-state index in [1.165, 1.54) is 19.2 Å². The highest BCUT2D eigenvalue weighted by atomic mass is 16.2. The van der Waals surface area contributed by atoms with Gasteiger partial charge in [-0.25, -0.2) is 0 Å². The lowest BCUT2D eigenvalue weighted by Crippen LogP contribution is -2.50. The first-order chi connectivity index (χ1) is 12.4. The molecular weight excluding hydrogens is 334 g/mol. The standard InChI is InChI=1S/C18H27N5O3/c1-14(24)22-9-11-23(12-10-22)18(26)16-13-15(5-7-19-16)17(25)20-6-4-8-21(2)3/h5,7,13H,4,6,8-12H2,1-3H3,(H,20,25). The molecule has 26 heavy (non-hydrogen) atoms. The smallest absolute Gasteiger partial charge is 0.272 e. The predicted octanol–water partition coefficient (Wildman–Crippen LogP) is 0.0674. The van der Waals surface area contributed by atoms with Gasteiger partial charge in [0.1, 0.15) is 5.69 Å². The summed E-state index contributed by atoms with van der Waals surface area (Å²) in [6, 6.07) is 3.13. The molecule has 0 atom stereocenters. The molecule has 0 aliphatic carbocycles. The van der Waals surface area contributed by atoms with E-state index >= 15 is 0 Å². The van der Waals surface area contributed by atoms with E-state index in [2.05, 4.69) is 15.2 Å². The normalized spacial score (nSPS) is 14.5. The van der Waals surface area contributed by atoms with Crippen molar-refractivity contribution in [1.82, 2.24) is 25.0 Å². The number of aromatic nitrogens is 1. The van der Waals surface area contributed by atoms with Gasteiger partial charge in [0.15, 0.2) is 0 Å². The van der Waals surface area contributed by atoms with Crippen LogP contribution in [-0.2, 0) is 4.79 Å². The van der Waals surface area contributed by atoms with E-state index in [1.807, 2.05) is 14.1 Å². The number of carbonyl (C=O) groups excluding carboxylic acids is 3. The fraction of sp³-hybridized carbons (Fsp3) is 0.556. The Hall–Kier alpha value is -2.48. The van der Waals surface area contributed by atoms with Crippen LogP contribution in [0.5, 0.6) is 0 Å². The third kappa shape index (κ3) is 5.52. The first-order valence-electron chi connectivity index (χ1n) is 8.82. The van der Waals surface area contributed by atoms with Gasteiger partial charge in [-0.15, -0.1) is 0 Å². The summed E-state index contributed by atoms with van der Waals surface area (Å²) in [5.74, 6) is -0.403. The Bertz CT molecular complexity index is 654. The van der Waals surface area contributed by atoms with E-state index in [-0.39, 0.29) is 23.4 Å². The summed E-state index contributed by atoms with van der Waals surface area (Å²) in [4.78, 5) is 45.8. The largest absolute Gasteiger partial charge is 0.352 e. The Morgan fingerprint density at radius 3 is 2.42 bits per heavy atom. The van der Waals surface area contributed by atoms with Crippen LogP contribution in [0.3, 0.4) is 0 Å². The summed E-state index contributed by atoms with van der Waals surface area (Å²) >= 11 is 0. The molecule has 1 aliphatic rings. The molecule has 0 bridgehead atoms. The van der Waals surface area contributed by atoms with Crippen molar-refractivity contribution < 1.29 is 14.4 Å². The summed E-state index contributed by atoms with van der Waals surface area (Å²) in [7, 11) is 3.97. The molecule has 2 rings (SSSR count). The molecular formula is C18H27N5O3. The zero-order chi connectivity index (χ0) is 19.1. The molecule has 0 aromatic carbocycles. The highest BCUT2D eigenvalue weighted by molar-refractivity contribution is 5.98. The van der Waals surface area contributed by atoms with Crippen LogP contribution in [0.2, 0.25) is 0 Å². The van der Waals surface area contributed by atoms with Gasteiger partial charge < -0.3 is 20.0 Å². The second kappa shape index (κ2) is 9.28. The second-order valence-corrected chi connectivity index (χ2v) is 6.64. The van der Waals surface area contributed by atoms with Crippen LogP contribution in [0.25, 0.3) is 0 Å². The fourth-order valence-electron chi connectivity index (χ4n) is 2.77. The Labute approximate surface area is 154 Å². The third-order valence-electron chi connectivity index (χ3n) is 4.32. The van der Waals surface area contributed by atoms with Gasteiger partial charge in [0.2, 0.25) is 5.91 Å². The number of nitrogens with zero attached hydrogens (tertiary/aromatic N) is 4. The number of pyridine rings is 1. The van der Waals surface area contributed by atoms with Crippen molar-refractivity contribution >= 4 is 17.7 Å². The Balaban J connectivity index is 1.92. The van der Waals surface area contributed by atoms with E-state index in [9.17, 15) is 14.4 Å². The molecule has 0 spiro atoms. The number of carbonyl (C=O) groups is 3. The zero-order valence-electron chi connectivity index (χ0n) is 15.7. The molecule has 3 amide bonds. The first-order valence-corrected chi connectivity index (χ1v) is 8.82. The van der Waals surface area contributed by atoms with E-state index < -0.39 is 0 Å². The Morgan fingerprint density at radius 2 is 1.81 bits per heavy atom. The van der Waals surface area contributed by atoms with Crippen molar-refractivity contribution in [3.05, 3.63) is 29.6 Å². The molecule has 2 heterocycles. The van der Waals surface area contributed by atoms with Gasteiger partial charge >= 0.3 is 0 Å². The van der Waals surface area contributed by atoms with Crippen LogP contribution in [-0.4, -0.2) is 90.8 Å². The predicted molar refractivity (Wildman–Crippen MR) is 97.9 cm³/mol. The minimum Gasteiger partial charge on any atom is -0.352 e. The van der Waals surface area contributed by atoms with Crippen molar-refractivity contribution in [2.45, 2.75) is 13.3 Å². The summed E-state index contributed by atoms with van der Waals surface area (Å²) in [6.45, 7) is 4.99. The maximum Gasteiger partial charge on any atom is 0.272 e. The molecule has 0 radical (unpaired) electrons. The number of hydrogen-bond acceptors (Lipinski definition) is 5. The third-order valence-corrected chi connectivity index (χ3v) is 4.32. The molecule has 8 heteroatoms. The van der Waals surface area contributed by atoms with Crippen LogP contribution in [0, 0.1) is 0 Å². The molecule has 1 N–H and O–H groups in total. The molecule has 8 nitrogen and oxygen atoms in total. The second-order valence-electron chi connectivity index (χ2n) is 6.64. The van der Waals surface area contributed by atoms with Gasteiger partial charge in [-0.3, -0.25) is 19.4 Å². The molecule has 1 saturated heterocycles. The van der Waals surface area contributed by atoms with Gasteiger partial charge in [0.05, 0.1) is 0 Å². The van der Waals surface area contributed by atoms with Gasteiger partial charge in [-0.05, 0) is 39.2 Å². The Kier molecular flexibility index (Phi) is 7.08. The lowest BCUT2D eigenvalue weighted by atomic mass is 10.2. The topological polar surface area (TPSA) is 85.8 Å². The highest BCUT2D eigenvalue weighted by Crippen LogP contribution is 2.09. The molecule has 0 unspecified atom stereocenters. The molecule has 1 aromatic rings. The zero-order valence-corrected chi connectivity index (χ0v) is 15.7. The monoisotopic (exact) mass is 361 g/mol. The maximum atomic E-state index is 12.6. The van der Waals surface area contributed by atoms with Crippen molar-refractivity contribution in [2.24, 2.45) is 0 Å². The number of hydrogen-bond donors (Lipinski definition) is 1. The van der Waals surface area contributed by atoms with Gasteiger partial charge in [-0.1, -0.05) is 0 Å². The summed E-state index contributed by atoms with van der Waals surface area (Å²) in [6.07, 6.45) is 2.34. The molecule has 142 valence electrons. The van der Waals surface area contributed by atoms with Crippen LogP contribution < -0.4 is 5.32 Å². The van der Waals surface area contributed by atoms with Gasteiger partial charge in [0, 0.05) is 51.4 Å². The molecule has 0 saturated carbocycles. The SMILES string of the molecule is CC(=O)N1CCN(C(=O)c2cc(C(=O)NCCCN(C)C)ccn2)CC1. The molecule has 1 fully saturated rings. The average Bonchev–Trinajstić information content (AvgIpc) is 2.64. The van der Waals surface area contributed by atoms with E-state index in [1.54, 1.807) is 15.9 Å². The van der Waals surface area contributed by atoms with Crippen molar-refractivity contribution in [2.75, 3.05) is 53.4 Å². The lowest BCUT2D eigenvalue weighted by molar-refractivity contribution is -0.130. The number of nitrogens with one attached hydrogen (secondary N) is 1. The minimum atomic E-state index is -0.213. The maximum absolute atomic E-state index is 12.6. The lowest BCUT2D eigenvalue weighted by Gasteiger charge is -2.34. The fourth-order valence-corrected chi connectivity index (χ4v) is 2.77. The number of piperazine rings is 1. The summed E-state index contributed by atoms with van der Waals surface area (Å²) < 4.78 is 0. The van der Waals surface area contributed by atoms with Gasteiger partial charge in [-0.2, -0.15) is 0 Å². The van der Waals surface area contributed by atoms with Crippen molar-refractivity contribution in [3.8, 4) is 0 Å².